The lowest BCUT2D eigenvalue weighted by Gasteiger charge is -2.33. The van der Waals surface area contributed by atoms with E-state index in [1.165, 1.54) is 10.5 Å². The number of nitrogens with one attached hydrogen (secondary N) is 1. The molecule has 2 heterocycles. The predicted molar refractivity (Wildman–Crippen MR) is 106 cm³/mol. The van der Waals surface area contributed by atoms with Gasteiger partial charge in [-0.05, 0) is 12.1 Å². The molecule has 0 radical (unpaired) electrons. The molecule has 2 aliphatic rings. The summed E-state index contributed by atoms with van der Waals surface area (Å²) < 4.78 is 5.46. The van der Waals surface area contributed by atoms with Crippen molar-refractivity contribution in [1.82, 2.24) is 4.90 Å². The van der Waals surface area contributed by atoms with Crippen molar-refractivity contribution in [2.24, 2.45) is 0 Å². The molecule has 0 unspecified atom stereocenters. The average Bonchev–Trinajstić information content (AvgIpc) is 2.74. The first kappa shape index (κ1) is 18.5. The van der Waals surface area contributed by atoms with Gasteiger partial charge in [0.15, 0.2) is 6.61 Å². The number of nitrogens with zero attached hydrogens (tertiary/aromatic N) is 2. The monoisotopic (exact) mass is 380 g/mol. The number of ether oxygens (including phenoxy) is 1. The maximum absolute atomic E-state index is 12.7. The van der Waals surface area contributed by atoms with Crippen molar-refractivity contribution in [3.8, 4) is 5.75 Å². The smallest absolute Gasteiger partial charge is 0.265 e. The highest BCUT2D eigenvalue weighted by Crippen LogP contribution is 2.31. The van der Waals surface area contributed by atoms with Crippen LogP contribution in [-0.4, -0.2) is 56.0 Å². The Balaban J connectivity index is 1.28. The number of fused-ring (bicyclic) bond motifs is 1. The Labute approximate surface area is 165 Å². The van der Waals surface area contributed by atoms with Gasteiger partial charge in [0, 0.05) is 18.5 Å². The number of hydrogen-bond donors (Lipinski definition) is 1. The minimum atomic E-state index is -0.0939. The van der Waals surface area contributed by atoms with Gasteiger partial charge in [0.05, 0.1) is 31.9 Å². The molecule has 0 atom stereocenters. The number of carbonyl (C=O) groups excluding carboxylic acids is 2. The second kappa shape index (κ2) is 8.44. The van der Waals surface area contributed by atoms with Crippen LogP contribution < -0.4 is 14.5 Å². The van der Waals surface area contributed by atoms with E-state index in [0.29, 0.717) is 18.7 Å². The highest BCUT2D eigenvalue weighted by molar-refractivity contribution is 5.98. The molecule has 0 aromatic heterocycles. The fourth-order valence-corrected chi connectivity index (χ4v) is 3.90. The zero-order valence-electron chi connectivity index (χ0n) is 16.0. The van der Waals surface area contributed by atoms with Crippen LogP contribution in [0.15, 0.2) is 54.6 Å². The summed E-state index contributed by atoms with van der Waals surface area (Å²) in [5.41, 5.74) is 2.09. The number of benzene rings is 2. The molecule has 0 saturated carbocycles. The van der Waals surface area contributed by atoms with Gasteiger partial charge in [-0.2, -0.15) is 0 Å². The standard InChI is InChI=1S/C22H25N3O3/c26-21(10-11-25-19-8-4-5-9-20(19)28-17-22(25)27)24-14-12-23(13-15-24)16-18-6-2-1-3-7-18/h1-9H,10-17H2/p+1. The second-order valence-electron chi connectivity index (χ2n) is 7.34. The molecule has 6 heteroatoms. The highest BCUT2D eigenvalue weighted by atomic mass is 16.5. The van der Waals surface area contributed by atoms with E-state index in [-0.39, 0.29) is 18.4 Å². The zero-order valence-corrected chi connectivity index (χ0v) is 16.0. The molecule has 0 aliphatic carbocycles. The van der Waals surface area contributed by atoms with Crippen molar-refractivity contribution in [2.45, 2.75) is 13.0 Å². The normalized spacial score (nSPS) is 17.2. The maximum atomic E-state index is 12.7. The van der Waals surface area contributed by atoms with E-state index in [1.807, 2.05) is 35.2 Å². The van der Waals surface area contributed by atoms with Crippen molar-refractivity contribution in [3.63, 3.8) is 0 Å². The van der Waals surface area contributed by atoms with E-state index in [4.69, 9.17) is 4.74 Å². The molecule has 6 nitrogen and oxygen atoms in total. The molecule has 1 N–H and O–H groups in total. The van der Waals surface area contributed by atoms with E-state index in [9.17, 15) is 9.59 Å². The van der Waals surface area contributed by atoms with Crippen LogP contribution in [0.5, 0.6) is 5.75 Å². The van der Waals surface area contributed by atoms with E-state index < -0.39 is 0 Å². The van der Waals surface area contributed by atoms with E-state index >= 15 is 0 Å². The molecule has 146 valence electrons. The lowest BCUT2D eigenvalue weighted by Crippen LogP contribution is -3.13. The van der Waals surface area contributed by atoms with Crippen molar-refractivity contribution in [1.29, 1.82) is 0 Å². The number of hydrogen-bond acceptors (Lipinski definition) is 3. The van der Waals surface area contributed by atoms with Gasteiger partial charge in [0.2, 0.25) is 5.91 Å². The molecule has 2 amide bonds. The molecule has 0 bridgehead atoms. The largest absolute Gasteiger partial charge is 0.482 e. The van der Waals surface area contributed by atoms with Gasteiger partial charge in [-0.15, -0.1) is 0 Å². The average molecular weight is 380 g/mol. The topological polar surface area (TPSA) is 54.3 Å². The molecular formula is C22H26N3O3+. The number of carbonyl (C=O) groups is 2. The van der Waals surface area contributed by atoms with Crippen LogP contribution in [0.3, 0.4) is 0 Å². The molecule has 2 aromatic carbocycles. The van der Waals surface area contributed by atoms with Gasteiger partial charge in [0.25, 0.3) is 5.91 Å². The first-order valence-corrected chi connectivity index (χ1v) is 9.88. The molecule has 4 rings (SSSR count). The third kappa shape index (κ3) is 4.17. The third-order valence-electron chi connectivity index (χ3n) is 5.48. The summed E-state index contributed by atoms with van der Waals surface area (Å²) >= 11 is 0. The predicted octanol–water partition coefficient (Wildman–Crippen LogP) is 0.729. The summed E-state index contributed by atoms with van der Waals surface area (Å²) in [5.74, 6) is 0.729. The fourth-order valence-electron chi connectivity index (χ4n) is 3.90. The van der Waals surface area contributed by atoms with Crippen molar-refractivity contribution in [3.05, 3.63) is 60.2 Å². The lowest BCUT2D eigenvalue weighted by atomic mass is 10.2. The molecular weight excluding hydrogens is 354 g/mol. The number of piperazine rings is 1. The quantitative estimate of drug-likeness (QED) is 0.832. The molecule has 1 saturated heterocycles. The highest BCUT2D eigenvalue weighted by Gasteiger charge is 2.28. The number of quaternary nitrogens is 1. The van der Waals surface area contributed by atoms with Crippen LogP contribution in [0.4, 0.5) is 5.69 Å². The van der Waals surface area contributed by atoms with Crippen molar-refractivity contribution < 1.29 is 19.2 Å². The van der Waals surface area contributed by atoms with E-state index in [0.717, 1.165) is 38.4 Å². The Kier molecular flexibility index (Phi) is 5.58. The van der Waals surface area contributed by atoms with Crippen LogP contribution in [0.2, 0.25) is 0 Å². The fraction of sp³-hybridized carbons (Fsp3) is 0.364. The Morgan fingerprint density at radius 2 is 1.71 bits per heavy atom. The van der Waals surface area contributed by atoms with Gasteiger partial charge in [-0.1, -0.05) is 42.5 Å². The number of amides is 2. The number of para-hydroxylation sites is 2. The molecule has 0 spiro atoms. The Hall–Kier alpha value is -2.86. The van der Waals surface area contributed by atoms with Crippen LogP contribution in [0.1, 0.15) is 12.0 Å². The van der Waals surface area contributed by atoms with Crippen LogP contribution in [-0.2, 0) is 16.1 Å². The number of anilines is 1. The molecule has 2 aromatic rings. The molecule has 2 aliphatic heterocycles. The minimum absolute atomic E-state index is 0.0344. The van der Waals surface area contributed by atoms with Crippen LogP contribution in [0, 0.1) is 0 Å². The minimum Gasteiger partial charge on any atom is -0.482 e. The third-order valence-corrected chi connectivity index (χ3v) is 5.48. The summed E-state index contributed by atoms with van der Waals surface area (Å²) in [6.07, 6.45) is 0.341. The molecule has 28 heavy (non-hydrogen) atoms. The maximum Gasteiger partial charge on any atom is 0.265 e. The molecule has 1 fully saturated rings. The Morgan fingerprint density at radius 1 is 1.00 bits per heavy atom. The first-order valence-electron chi connectivity index (χ1n) is 9.88. The summed E-state index contributed by atoms with van der Waals surface area (Å²) in [4.78, 5) is 30.0. The van der Waals surface area contributed by atoms with Gasteiger partial charge in [0.1, 0.15) is 12.3 Å². The van der Waals surface area contributed by atoms with Crippen LogP contribution in [0.25, 0.3) is 0 Å². The number of rotatable bonds is 5. The first-order chi connectivity index (χ1) is 13.7. The van der Waals surface area contributed by atoms with Crippen molar-refractivity contribution >= 4 is 17.5 Å². The summed E-state index contributed by atoms with van der Waals surface area (Å²) in [6, 6.07) is 18.0. The van der Waals surface area contributed by atoms with Gasteiger partial charge in [-0.3, -0.25) is 9.59 Å². The lowest BCUT2D eigenvalue weighted by molar-refractivity contribution is -0.917. The Morgan fingerprint density at radius 3 is 2.50 bits per heavy atom. The van der Waals surface area contributed by atoms with Crippen LogP contribution >= 0.6 is 0 Å². The summed E-state index contributed by atoms with van der Waals surface area (Å²) in [7, 11) is 0. The van der Waals surface area contributed by atoms with Gasteiger partial charge >= 0.3 is 0 Å². The van der Waals surface area contributed by atoms with Crippen molar-refractivity contribution in [2.75, 3.05) is 44.2 Å². The summed E-state index contributed by atoms with van der Waals surface area (Å²) in [6.45, 7) is 4.90. The Bertz CT molecular complexity index is 832. The van der Waals surface area contributed by atoms with E-state index in [2.05, 4.69) is 24.3 Å². The van der Waals surface area contributed by atoms with Gasteiger partial charge in [-0.25, -0.2) is 0 Å². The SMILES string of the molecule is O=C(CCN1C(=O)COc2ccccc21)N1CC[NH+](Cc2ccccc2)CC1. The summed E-state index contributed by atoms with van der Waals surface area (Å²) in [5, 5.41) is 0. The zero-order chi connectivity index (χ0) is 19.3. The van der Waals surface area contributed by atoms with E-state index in [1.54, 1.807) is 4.90 Å². The second-order valence-corrected chi connectivity index (χ2v) is 7.34. The van der Waals surface area contributed by atoms with Gasteiger partial charge < -0.3 is 19.4 Å².